The van der Waals surface area contributed by atoms with Crippen molar-refractivity contribution in [1.29, 1.82) is 5.26 Å². The molecule has 3 aromatic rings. The van der Waals surface area contributed by atoms with E-state index in [2.05, 4.69) is 11.4 Å². The van der Waals surface area contributed by atoms with E-state index in [0.29, 0.717) is 12.1 Å². The number of phenolic OH excluding ortho intramolecular Hbond substituents is 1. The molecular formula is C19H17N3O2. The molecule has 1 aromatic heterocycles. The quantitative estimate of drug-likeness (QED) is 0.775. The molecule has 3 rings (SSSR count). The van der Waals surface area contributed by atoms with Crippen molar-refractivity contribution in [2.75, 3.05) is 5.32 Å². The first-order chi connectivity index (χ1) is 11.6. The summed E-state index contributed by atoms with van der Waals surface area (Å²) in [4.78, 5) is 12.4. The van der Waals surface area contributed by atoms with Crippen molar-refractivity contribution in [1.82, 2.24) is 4.57 Å². The fourth-order valence-corrected chi connectivity index (χ4v) is 2.82. The number of aryl methyl sites for hydroxylation is 1. The molecule has 2 aromatic carbocycles. The van der Waals surface area contributed by atoms with E-state index in [1.165, 1.54) is 12.1 Å². The van der Waals surface area contributed by atoms with Crippen molar-refractivity contribution in [3.05, 3.63) is 60.3 Å². The standard InChI is InChI=1S/C19H17N3O2/c1-22-12-14(17-7-2-3-8-18(17)22)9-13(11-20)19(24)21-15-5-4-6-16(23)10-15/h2-8,10,12-13,23H,9H2,1H3,(H,21,24)/t13-/m0/s1. The molecule has 0 aliphatic rings. The molecule has 0 aliphatic heterocycles. The number of benzene rings is 2. The molecule has 0 aliphatic carbocycles. The van der Waals surface area contributed by atoms with Crippen LogP contribution >= 0.6 is 0 Å². The number of fused-ring (bicyclic) bond motifs is 1. The zero-order valence-corrected chi connectivity index (χ0v) is 13.2. The van der Waals surface area contributed by atoms with E-state index >= 15 is 0 Å². The minimum Gasteiger partial charge on any atom is -0.508 e. The summed E-state index contributed by atoms with van der Waals surface area (Å²) in [5.74, 6) is -1.12. The number of rotatable bonds is 4. The Bertz CT molecular complexity index is 937. The topological polar surface area (TPSA) is 78.0 Å². The molecule has 0 fully saturated rings. The van der Waals surface area contributed by atoms with Crippen LogP contribution in [0.4, 0.5) is 5.69 Å². The number of hydrogen-bond donors (Lipinski definition) is 2. The Balaban J connectivity index is 1.81. The lowest BCUT2D eigenvalue weighted by atomic mass is 9.99. The summed E-state index contributed by atoms with van der Waals surface area (Å²) in [5, 5.41) is 22.6. The van der Waals surface area contributed by atoms with Gasteiger partial charge in [-0.15, -0.1) is 0 Å². The number of carbonyl (C=O) groups excluding carboxylic acids is 1. The van der Waals surface area contributed by atoms with Crippen molar-refractivity contribution in [2.45, 2.75) is 6.42 Å². The van der Waals surface area contributed by atoms with Gasteiger partial charge in [0.2, 0.25) is 5.91 Å². The summed E-state index contributed by atoms with van der Waals surface area (Å²) in [6, 6.07) is 16.3. The Morgan fingerprint density at radius 2 is 2.08 bits per heavy atom. The molecule has 5 nitrogen and oxygen atoms in total. The molecule has 120 valence electrons. The van der Waals surface area contributed by atoms with Crippen LogP contribution in [0.15, 0.2) is 54.7 Å². The van der Waals surface area contributed by atoms with Gasteiger partial charge in [0.05, 0.1) is 6.07 Å². The van der Waals surface area contributed by atoms with Gasteiger partial charge in [0.25, 0.3) is 0 Å². The predicted molar refractivity (Wildman–Crippen MR) is 92.5 cm³/mol. The number of amides is 1. The van der Waals surface area contributed by atoms with Gasteiger partial charge in [-0.1, -0.05) is 24.3 Å². The third-order valence-electron chi connectivity index (χ3n) is 3.99. The van der Waals surface area contributed by atoms with Gasteiger partial charge in [0.1, 0.15) is 11.7 Å². The Labute approximate surface area is 139 Å². The minimum absolute atomic E-state index is 0.0651. The lowest BCUT2D eigenvalue weighted by Crippen LogP contribution is -2.23. The summed E-state index contributed by atoms with van der Waals surface area (Å²) < 4.78 is 1.99. The van der Waals surface area contributed by atoms with Crippen molar-refractivity contribution in [3.63, 3.8) is 0 Å². The van der Waals surface area contributed by atoms with Gasteiger partial charge in [0, 0.05) is 35.9 Å². The Hall–Kier alpha value is -3.26. The lowest BCUT2D eigenvalue weighted by Gasteiger charge is -2.10. The Kier molecular flexibility index (Phi) is 4.21. The fraction of sp³-hybridized carbons (Fsp3) is 0.158. The number of hydrogen-bond acceptors (Lipinski definition) is 3. The maximum atomic E-state index is 12.4. The third-order valence-corrected chi connectivity index (χ3v) is 3.99. The number of aromatic nitrogens is 1. The van der Waals surface area contributed by atoms with Crippen molar-refractivity contribution < 1.29 is 9.90 Å². The van der Waals surface area contributed by atoms with Gasteiger partial charge in [0.15, 0.2) is 0 Å². The molecule has 0 spiro atoms. The monoisotopic (exact) mass is 319 g/mol. The first kappa shape index (κ1) is 15.6. The van der Waals surface area contributed by atoms with E-state index in [0.717, 1.165) is 16.5 Å². The molecule has 0 radical (unpaired) electrons. The van der Waals surface area contributed by atoms with Crippen LogP contribution in [0.5, 0.6) is 5.75 Å². The van der Waals surface area contributed by atoms with Crippen molar-refractivity contribution in [3.8, 4) is 11.8 Å². The Morgan fingerprint density at radius 3 is 2.83 bits per heavy atom. The fourth-order valence-electron chi connectivity index (χ4n) is 2.82. The van der Waals surface area contributed by atoms with Gasteiger partial charge in [-0.2, -0.15) is 5.26 Å². The number of carbonyl (C=O) groups is 1. The first-order valence-electron chi connectivity index (χ1n) is 7.61. The number of aromatic hydroxyl groups is 1. The Morgan fingerprint density at radius 1 is 1.29 bits per heavy atom. The summed E-state index contributed by atoms with van der Waals surface area (Å²) in [5.41, 5.74) is 2.50. The minimum atomic E-state index is -0.807. The summed E-state index contributed by atoms with van der Waals surface area (Å²) in [6.45, 7) is 0. The van der Waals surface area contributed by atoms with Crippen LogP contribution in [-0.4, -0.2) is 15.6 Å². The molecule has 5 heteroatoms. The molecule has 0 saturated carbocycles. The van der Waals surface area contributed by atoms with Crippen LogP contribution < -0.4 is 5.32 Å². The maximum absolute atomic E-state index is 12.4. The molecule has 1 atom stereocenters. The maximum Gasteiger partial charge on any atom is 0.242 e. The van der Waals surface area contributed by atoms with Gasteiger partial charge in [-0.25, -0.2) is 0 Å². The van der Waals surface area contributed by atoms with E-state index in [1.807, 2.05) is 42.1 Å². The molecule has 1 heterocycles. The molecule has 0 unspecified atom stereocenters. The van der Waals surface area contributed by atoms with Crippen molar-refractivity contribution >= 4 is 22.5 Å². The second kappa shape index (κ2) is 6.47. The van der Waals surface area contributed by atoms with Gasteiger partial charge >= 0.3 is 0 Å². The van der Waals surface area contributed by atoms with E-state index < -0.39 is 5.92 Å². The SMILES string of the molecule is Cn1cc(C[C@@H](C#N)C(=O)Nc2cccc(O)c2)c2ccccc21. The molecule has 1 amide bonds. The summed E-state index contributed by atoms with van der Waals surface area (Å²) in [7, 11) is 1.94. The number of anilines is 1. The molecular weight excluding hydrogens is 302 g/mol. The number of nitrogens with one attached hydrogen (secondary N) is 1. The first-order valence-corrected chi connectivity index (χ1v) is 7.61. The van der Waals surface area contributed by atoms with E-state index in [9.17, 15) is 15.2 Å². The van der Waals surface area contributed by atoms with E-state index in [-0.39, 0.29) is 11.7 Å². The average molecular weight is 319 g/mol. The molecule has 2 N–H and O–H groups in total. The predicted octanol–water partition coefficient (Wildman–Crippen LogP) is 3.20. The second-order valence-corrected chi connectivity index (χ2v) is 5.71. The van der Waals surface area contributed by atoms with E-state index in [1.54, 1.807) is 12.1 Å². The number of para-hydroxylation sites is 1. The average Bonchev–Trinajstić information content (AvgIpc) is 2.89. The molecule has 0 bridgehead atoms. The smallest absolute Gasteiger partial charge is 0.242 e. The van der Waals surface area contributed by atoms with Gasteiger partial charge < -0.3 is 15.0 Å². The van der Waals surface area contributed by atoms with Gasteiger partial charge in [-0.3, -0.25) is 4.79 Å². The third kappa shape index (κ3) is 3.08. The van der Waals surface area contributed by atoms with Crippen LogP contribution in [0, 0.1) is 17.2 Å². The molecule has 24 heavy (non-hydrogen) atoms. The van der Waals surface area contributed by atoms with Crippen LogP contribution in [0.3, 0.4) is 0 Å². The van der Waals surface area contributed by atoms with Gasteiger partial charge in [-0.05, 0) is 30.2 Å². The zero-order chi connectivity index (χ0) is 17.1. The highest BCUT2D eigenvalue weighted by atomic mass is 16.3. The number of phenols is 1. The largest absolute Gasteiger partial charge is 0.508 e. The van der Waals surface area contributed by atoms with Crippen LogP contribution in [-0.2, 0) is 18.3 Å². The highest BCUT2D eigenvalue weighted by molar-refractivity contribution is 5.95. The summed E-state index contributed by atoms with van der Waals surface area (Å²) >= 11 is 0. The highest BCUT2D eigenvalue weighted by Gasteiger charge is 2.21. The van der Waals surface area contributed by atoms with Crippen LogP contribution in [0.25, 0.3) is 10.9 Å². The lowest BCUT2D eigenvalue weighted by molar-refractivity contribution is -0.118. The number of nitrogens with zero attached hydrogens (tertiary/aromatic N) is 2. The zero-order valence-electron chi connectivity index (χ0n) is 13.2. The molecule has 0 saturated heterocycles. The number of nitriles is 1. The van der Waals surface area contributed by atoms with Crippen LogP contribution in [0.2, 0.25) is 0 Å². The second-order valence-electron chi connectivity index (χ2n) is 5.71. The normalized spacial score (nSPS) is 11.8. The van der Waals surface area contributed by atoms with Crippen molar-refractivity contribution in [2.24, 2.45) is 13.0 Å². The van der Waals surface area contributed by atoms with E-state index in [4.69, 9.17) is 0 Å². The van der Waals surface area contributed by atoms with Crippen LogP contribution in [0.1, 0.15) is 5.56 Å². The summed E-state index contributed by atoms with van der Waals surface area (Å²) in [6.07, 6.45) is 2.29. The highest BCUT2D eigenvalue weighted by Crippen LogP contribution is 2.24.